The lowest BCUT2D eigenvalue weighted by atomic mass is 9.81. The Balaban J connectivity index is 1.80. The molecule has 0 spiro atoms. The van der Waals surface area contributed by atoms with E-state index < -0.39 is 0 Å². The van der Waals surface area contributed by atoms with Gasteiger partial charge in [-0.05, 0) is 18.8 Å². The molecular formula is C8H11N3O2S. The van der Waals surface area contributed by atoms with Gasteiger partial charge in [0.1, 0.15) is 0 Å². The van der Waals surface area contributed by atoms with Crippen molar-refractivity contribution in [1.29, 1.82) is 0 Å². The summed E-state index contributed by atoms with van der Waals surface area (Å²) in [5.41, 5.74) is 0.377. The van der Waals surface area contributed by atoms with E-state index in [0.717, 1.165) is 24.6 Å². The van der Waals surface area contributed by atoms with E-state index in [1.807, 2.05) is 0 Å². The molecule has 1 amide bonds. The fraction of sp³-hybridized carbons (Fsp3) is 0.625. The maximum absolute atomic E-state index is 11.4. The van der Waals surface area contributed by atoms with Crippen molar-refractivity contribution in [1.82, 2.24) is 14.1 Å². The number of amides is 1. The fourth-order valence-corrected chi connectivity index (χ4v) is 1.94. The molecule has 1 aliphatic carbocycles. The Morgan fingerprint density at radius 1 is 1.71 bits per heavy atom. The largest absolute Gasteiger partial charge is 0.396 e. The first-order valence-electron chi connectivity index (χ1n) is 4.49. The molecule has 1 aromatic heterocycles. The summed E-state index contributed by atoms with van der Waals surface area (Å²) < 4.78 is 7.59. The number of nitrogens with zero attached hydrogens (tertiary/aromatic N) is 2. The van der Waals surface area contributed by atoms with Gasteiger partial charge in [0, 0.05) is 12.6 Å². The standard InChI is InChI=1S/C8H11N3O2S/c12-4-5-1-6(2-5)10-8(13)7-3-9-14-11-7/h3,5-6,12H,1-2,4H2,(H,10,13). The second-order valence-corrected chi connectivity index (χ2v) is 4.04. The summed E-state index contributed by atoms with van der Waals surface area (Å²) in [5.74, 6) is 0.189. The lowest BCUT2D eigenvalue weighted by Crippen LogP contribution is -2.45. The molecule has 2 rings (SSSR count). The summed E-state index contributed by atoms with van der Waals surface area (Å²) in [6.07, 6.45) is 3.18. The van der Waals surface area contributed by atoms with Gasteiger partial charge in [0.05, 0.1) is 17.9 Å². The molecule has 1 saturated carbocycles. The smallest absolute Gasteiger partial charge is 0.272 e. The third-order valence-electron chi connectivity index (χ3n) is 2.42. The highest BCUT2D eigenvalue weighted by Gasteiger charge is 2.30. The van der Waals surface area contributed by atoms with Crippen LogP contribution in [0, 0.1) is 5.92 Å². The Labute approximate surface area is 85.5 Å². The van der Waals surface area contributed by atoms with Crippen molar-refractivity contribution in [2.75, 3.05) is 6.61 Å². The van der Waals surface area contributed by atoms with E-state index in [9.17, 15) is 4.79 Å². The van der Waals surface area contributed by atoms with Gasteiger partial charge in [-0.15, -0.1) is 0 Å². The van der Waals surface area contributed by atoms with Gasteiger partial charge >= 0.3 is 0 Å². The molecule has 1 heterocycles. The molecule has 14 heavy (non-hydrogen) atoms. The molecule has 0 bridgehead atoms. The van der Waals surface area contributed by atoms with Crippen molar-refractivity contribution in [2.24, 2.45) is 5.92 Å². The molecule has 6 heteroatoms. The van der Waals surface area contributed by atoms with Crippen LogP contribution in [0.5, 0.6) is 0 Å². The van der Waals surface area contributed by atoms with E-state index in [-0.39, 0.29) is 18.6 Å². The van der Waals surface area contributed by atoms with Crippen molar-refractivity contribution >= 4 is 17.6 Å². The van der Waals surface area contributed by atoms with Gasteiger partial charge < -0.3 is 10.4 Å². The highest BCUT2D eigenvalue weighted by atomic mass is 32.1. The minimum Gasteiger partial charge on any atom is -0.396 e. The first-order chi connectivity index (χ1) is 6.79. The second-order valence-electron chi connectivity index (χ2n) is 3.48. The number of hydrogen-bond donors (Lipinski definition) is 2. The average molecular weight is 213 g/mol. The normalized spacial score (nSPS) is 25.5. The van der Waals surface area contributed by atoms with Crippen LogP contribution < -0.4 is 5.32 Å². The van der Waals surface area contributed by atoms with Gasteiger partial charge in [-0.25, -0.2) is 0 Å². The third kappa shape index (κ3) is 1.91. The molecule has 2 N–H and O–H groups in total. The van der Waals surface area contributed by atoms with E-state index >= 15 is 0 Å². The van der Waals surface area contributed by atoms with Crippen LogP contribution in [-0.2, 0) is 0 Å². The number of nitrogens with one attached hydrogen (secondary N) is 1. The SMILES string of the molecule is O=C(NC1CC(CO)C1)c1cnsn1. The van der Waals surface area contributed by atoms with Gasteiger partial charge in [0.15, 0.2) is 5.69 Å². The van der Waals surface area contributed by atoms with Crippen LogP contribution >= 0.6 is 11.7 Å². The molecule has 0 saturated heterocycles. The van der Waals surface area contributed by atoms with E-state index in [4.69, 9.17) is 5.11 Å². The summed E-state index contributed by atoms with van der Waals surface area (Å²) in [5, 5.41) is 11.6. The zero-order valence-electron chi connectivity index (χ0n) is 7.51. The van der Waals surface area contributed by atoms with Crippen molar-refractivity contribution in [2.45, 2.75) is 18.9 Å². The summed E-state index contributed by atoms with van der Waals surface area (Å²) in [6, 6.07) is 0.196. The van der Waals surface area contributed by atoms with Crippen LogP contribution in [-0.4, -0.2) is 32.4 Å². The van der Waals surface area contributed by atoms with Crippen LogP contribution in [0.4, 0.5) is 0 Å². The van der Waals surface area contributed by atoms with Gasteiger partial charge in [0.2, 0.25) is 0 Å². The highest BCUT2D eigenvalue weighted by molar-refractivity contribution is 6.99. The third-order valence-corrected chi connectivity index (χ3v) is 2.90. The Kier molecular flexibility index (Phi) is 2.74. The first-order valence-corrected chi connectivity index (χ1v) is 5.22. The topological polar surface area (TPSA) is 75.1 Å². The van der Waals surface area contributed by atoms with Gasteiger partial charge in [-0.3, -0.25) is 4.79 Å². The maximum Gasteiger partial charge on any atom is 0.272 e. The highest BCUT2D eigenvalue weighted by Crippen LogP contribution is 2.26. The minimum atomic E-state index is -0.167. The summed E-state index contributed by atoms with van der Waals surface area (Å²) in [4.78, 5) is 11.4. The molecule has 1 aromatic rings. The van der Waals surface area contributed by atoms with Crippen molar-refractivity contribution in [3.05, 3.63) is 11.9 Å². The molecule has 5 nitrogen and oxygen atoms in total. The number of carbonyl (C=O) groups is 1. The second kappa shape index (κ2) is 4.02. The van der Waals surface area contributed by atoms with Crippen LogP contribution in [0.3, 0.4) is 0 Å². The monoisotopic (exact) mass is 213 g/mol. The molecule has 0 unspecified atom stereocenters. The maximum atomic E-state index is 11.4. The molecule has 0 atom stereocenters. The first kappa shape index (κ1) is 9.54. The Morgan fingerprint density at radius 2 is 2.50 bits per heavy atom. The number of rotatable bonds is 3. The zero-order valence-corrected chi connectivity index (χ0v) is 8.33. The van der Waals surface area contributed by atoms with Gasteiger partial charge in [0.25, 0.3) is 5.91 Å². The zero-order chi connectivity index (χ0) is 9.97. The number of hydrogen-bond acceptors (Lipinski definition) is 5. The van der Waals surface area contributed by atoms with E-state index in [0.29, 0.717) is 11.6 Å². The predicted molar refractivity (Wildman–Crippen MR) is 51.0 cm³/mol. The summed E-state index contributed by atoms with van der Waals surface area (Å²) >= 11 is 1.02. The minimum absolute atomic E-state index is 0.167. The lowest BCUT2D eigenvalue weighted by molar-refractivity contribution is 0.0828. The number of aromatic nitrogens is 2. The Hall–Kier alpha value is -1.01. The Morgan fingerprint density at radius 3 is 3.07 bits per heavy atom. The van der Waals surface area contributed by atoms with Crippen LogP contribution in [0.25, 0.3) is 0 Å². The number of aliphatic hydroxyl groups excluding tert-OH is 1. The van der Waals surface area contributed by atoms with Crippen LogP contribution in [0.2, 0.25) is 0 Å². The van der Waals surface area contributed by atoms with Crippen molar-refractivity contribution < 1.29 is 9.90 Å². The fourth-order valence-electron chi connectivity index (χ4n) is 1.53. The van der Waals surface area contributed by atoms with Crippen molar-refractivity contribution in [3.63, 3.8) is 0 Å². The lowest BCUT2D eigenvalue weighted by Gasteiger charge is -2.34. The van der Waals surface area contributed by atoms with E-state index in [1.165, 1.54) is 6.20 Å². The molecular weight excluding hydrogens is 202 g/mol. The molecule has 1 fully saturated rings. The van der Waals surface area contributed by atoms with Gasteiger partial charge in [-0.1, -0.05) is 0 Å². The molecule has 0 radical (unpaired) electrons. The predicted octanol–water partition coefficient (Wildman–Crippen LogP) is 0.0388. The van der Waals surface area contributed by atoms with Gasteiger partial charge in [-0.2, -0.15) is 8.75 Å². The summed E-state index contributed by atoms with van der Waals surface area (Å²) in [6.45, 7) is 0.213. The van der Waals surface area contributed by atoms with Crippen LogP contribution in [0.1, 0.15) is 23.3 Å². The van der Waals surface area contributed by atoms with E-state index in [1.54, 1.807) is 0 Å². The van der Waals surface area contributed by atoms with Crippen molar-refractivity contribution in [3.8, 4) is 0 Å². The number of aliphatic hydroxyl groups is 1. The average Bonchev–Trinajstić information content (AvgIpc) is 2.62. The molecule has 0 aliphatic heterocycles. The quantitative estimate of drug-likeness (QED) is 0.743. The Bertz CT molecular complexity index is 308. The molecule has 76 valence electrons. The van der Waals surface area contributed by atoms with Crippen LogP contribution in [0.15, 0.2) is 6.20 Å². The summed E-state index contributed by atoms with van der Waals surface area (Å²) in [7, 11) is 0. The number of carbonyl (C=O) groups excluding carboxylic acids is 1. The molecule has 0 aromatic carbocycles. The van der Waals surface area contributed by atoms with E-state index in [2.05, 4.69) is 14.1 Å². The molecule has 1 aliphatic rings.